The molecule has 0 unspecified atom stereocenters. The van der Waals surface area contributed by atoms with E-state index in [-0.39, 0.29) is 11.9 Å². The van der Waals surface area contributed by atoms with Crippen LogP contribution < -0.4 is 4.74 Å². The minimum atomic E-state index is -0.00222. The van der Waals surface area contributed by atoms with Crippen molar-refractivity contribution in [2.75, 3.05) is 19.0 Å². The quantitative estimate of drug-likeness (QED) is 0.716. The molecule has 0 bridgehead atoms. The van der Waals surface area contributed by atoms with E-state index in [2.05, 4.69) is 6.92 Å². The maximum absolute atomic E-state index is 12.4. The van der Waals surface area contributed by atoms with Crippen molar-refractivity contribution >= 4 is 17.5 Å². The third-order valence-electron chi connectivity index (χ3n) is 2.76. The molecule has 1 rings (SSSR count). The molecule has 0 spiro atoms. The van der Waals surface area contributed by atoms with E-state index in [1.54, 1.807) is 11.0 Å². The molecule has 1 aromatic carbocycles. The summed E-state index contributed by atoms with van der Waals surface area (Å²) >= 11 is 5.75. The molecule has 0 aliphatic rings. The Morgan fingerprint density at radius 2 is 2.16 bits per heavy atom. The van der Waals surface area contributed by atoms with Gasteiger partial charge in [0, 0.05) is 24.0 Å². The van der Waals surface area contributed by atoms with Crippen LogP contribution >= 0.6 is 11.6 Å². The van der Waals surface area contributed by atoms with Crippen LogP contribution in [0.1, 0.15) is 37.6 Å². The molecule has 0 atom stereocenters. The van der Waals surface area contributed by atoms with Gasteiger partial charge in [0.15, 0.2) is 0 Å². The van der Waals surface area contributed by atoms with Gasteiger partial charge in [0.2, 0.25) is 0 Å². The molecule has 4 heteroatoms. The summed E-state index contributed by atoms with van der Waals surface area (Å²) < 4.78 is 5.55. The van der Waals surface area contributed by atoms with Crippen LogP contribution in [0.4, 0.5) is 0 Å². The van der Waals surface area contributed by atoms with Crippen LogP contribution in [0.3, 0.4) is 0 Å². The van der Waals surface area contributed by atoms with E-state index in [9.17, 15) is 4.79 Å². The predicted molar refractivity (Wildman–Crippen MR) is 79.1 cm³/mol. The van der Waals surface area contributed by atoms with Crippen molar-refractivity contribution in [3.05, 3.63) is 29.8 Å². The lowest BCUT2D eigenvalue weighted by molar-refractivity contribution is 0.0718. The number of benzene rings is 1. The molecular formula is C15H22ClNO2. The lowest BCUT2D eigenvalue weighted by atomic mass is 10.1. The molecule has 0 aliphatic heterocycles. The van der Waals surface area contributed by atoms with Gasteiger partial charge in [-0.1, -0.05) is 13.0 Å². The smallest absolute Gasteiger partial charge is 0.254 e. The summed E-state index contributed by atoms with van der Waals surface area (Å²) in [5.41, 5.74) is 0.646. The molecule has 3 nitrogen and oxygen atoms in total. The Morgan fingerprint density at radius 3 is 2.74 bits per heavy atom. The molecule has 0 saturated heterocycles. The van der Waals surface area contributed by atoms with Gasteiger partial charge in [-0.2, -0.15) is 0 Å². The van der Waals surface area contributed by atoms with E-state index in [4.69, 9.17) is 16.3 Å². The SMILES string of the molecule is CCCOc1cccc(C(=O)N(CCCl)C(C)C)c1. The Kier molecular flexibility index (Phi) is 6.71. The standard InChI is InChI=1S/C15H22ClNO2/c1-4-10-19-14-7-5-6-13(11-14)15(18)17(9-8-16)12(2)3/h5-7,11-12H,4,8-10H2,1-3H3. The van der Waals surface area contributed by atoms with Gasteiger partial charge in [0.1, 0.15) is 5.75 Å². The van der Waals surface area contributed by atoms with Crippen molar-refractivity contribution in [2.45, 2.75) is 33.2 Å². The first-order valence-corrected chi connectivity index (χ1v) is 7.23. The van der Waals surface area contributed by atoms with Gasteiger partial charge in [-0.3, -0.25) is 4.79 Å². The van der Waals surface area contributed by atoms with Crippen molar-refractivity contribution in [3.63, 3.8) is 0 Å². The van der Waals surface area contributed by atoms with Crippen molar-refractivity contribution in [2.24, 2.45) is 0 Å². The highest BCUT2D eigenvalue weighted by atomic mass is 35.5. The normalized spacial score (nSPS) is 10.6. The minimum Gasteiger partial charge on any atom is -0.494 e. The van der Waals surface area contributed by atoms with Crippen molar-refractivity contribution in [1.82, 2.24) is 4.90 Å². The Bertz CT molecular complexity index is 407. The number of hydrogen-bond acceptors (Lipinski definition) is 2. The Balaban J connectivity index is 2.85. The first kappa shape index (κ1) is 15.8. The lowest BCUT2D eigenvalue weighted by Gasteiger charge is -2.26. The summed E-state index contributed by atoms with van der Waals surface area (Å²) in [4.78, 5) is 14.2. The van der Waals surface area contributed by atoms with Crippen LogP contribution in [0.15, 0.2) is 24.3 Å². The van der Waals surface area contributed by atoms with Gasteiger partial charge in [-0.15, -0.1) is 11.6 Å². The zero-order valence-electron chi connectivity index (χ0n) is 11.9. The van der Waals surface area contributed by atoms with E-state index in [1.807, 2.05) is 32.0 Å². The van der Waals surface area contributed by atoms with Crippen molar-refractivity contribution in [3.8, 4) is 5.75 Å². The Labute approximate surface area is 120 Å². The van der Waals surface area contributed by atoms with Gasteiger partial charge in [0.05, 0.1) is 6.61 Å². The highest BCUT2D eigenvalue weighted by molar-refractivity contribution is 6.18. The monoisotopic (exact) mass is 283 g/mol. The van der Waals surface area contributed by atoms with Gasteiger partial charge >= 0.3 is 0 Å². The van der Waals surface area contributed by atoms with Crippen LogP contribution in [0.2, 0.25) is 0 Å². The maximum Gasteiger partial charge on any atom is 0.254 e. The molecule has 0 saturated carbocycles. The number of amides is 1. The van der Waals surface area contributed by atoms with Crippen LogP contribution in [-0.4, -0.2) is 35.9 Å². The average Bonchev–Trinajstić information content (AvgIpc) is 2.41. The number of alkyl halides is 1. The fourth-order valence-corrected chi connectivity index (χ4v) is 1.97. The van der Waals surface area contributed by atoms with E-state index in [0.717, 1.165) is 12.2 Å². The molecule has 0 aromatic heterocycles. The largest absolute Gasteiger partial charge is 0.494 e. The van der Waals surface area contributed by atoms with Crippen LogP contribution in [-0.2, 0) is 0 Å². The highest BCUT2D eigenvalue weighted by Crippen LogP contribution is 2.16. The van der Waals surface area contributed by atoms with E-state index in [0.29, 0.717) is 24.6 Å². The molecule has 0 fully saturated rings. The molecule has 19 heavy (non-hydrogen) atoms. The summed E-state index contributed by atoms with van der Waals surface area (Å²) in [5, 5.41) is 0. The molecule has 0 aliphatic carbocycles. The molecule has 0 heterocycles. The van der Waals surface area contributed by atoms with Crippen molar-refractivity contribution < 1.29 is 9.53 Å². The first-order chi connectivity index (χ1) is 9.10. The number of hydrogen-bond donors (Lipinski definition) is 0. The van der Waals surface area contributed by atoms with Crippen LogP contribution in [0, 0.1) is 0 Å². The van der Waals surface area contributed by atoms with E-state index < -0.39 is 0 Å². The molecule has 1 amide bonds. The number of rotatable bonds is 7. The van der Waals surface area contributed by atoms with Gasteiger partial charge < -0.3 is 9.64 Å². The number of ether oxygens (including phenoxy) is 1. The highest BCUT2D eigenvalue weighted by Gasteiger charge is 2.18. The molecule has 0 radical (unpaired) electrons. The van der Waals surface area contributed by atoms with E-state index >= 15 is 0 Å². The van der Waals surface area contributed by atoms with Gasteiger partial charge in [-0.05, 0) is 38.5 Å². The summed E-state index contributed by atoms with van der Waals surface area (Å²) in [6.07, 6.45) is 0.947. The fourth-order valence-electron chi connectivity index (χ4n) is 1.79. The zero-order chi connectivity index (χ0) is 14.3. The van der Waals surface area contributed by atoms with Crippen LogP contribution in [0.5, 0.6) is 5.75 Å². The Hall–Kier alpha value is -1.22. The van der Waals surface area contributed by atoms with Crippen molar-refractivity contribution in [1.29, 1.82) is 0 Å². The average molecular weight is 284 g/mol. The van der Waals surface area contributed by atoms with E-state index in [1.165, 1.54) is 0 Å². The summed E-state index contributed by atoms with van der Waals surface area (Å²) in [6.45, 7) is 7.24. The second kappa shape index (κ2) is 8.05. The first-order valence-electron chi connectivity index (χ1n) is 6.70. The summed E-state index contributed by atoms with van der Waals surface area (Å²) in [6, 6.07) is 7.45. The maximum atomic E-state index is 12.4. The van der Waals surface area contributed by atoms with Gasteiger partial charge in [-0.25, -0.2) is 0 Å². The number of halogens is 1. The number of carbonyl (C=O) groups is 1. The Morgan fingerprint density at radius 1 is 1.42 bits per heavy atom. The number of nitrogens with zero attached hydrogens (tertiary/aromatic N) is 1. The molecule has 0 N–H and O–H groups in total. The second-order valence-corrected chi connectivity index (χ2v) is 5.04. The summed E-state index contributed by atoms with van der Waals surface area (Å²) in [5.74, 6) is 1.18. The summed E-state index contributed by atoms with van der Waals surface area (Å²) in [7, 11) is 0. The molecular weight excluding hydrogens is 262 g/mol. The third-order valence-corrected chi connectivity index (χ3v) is 2.93. The topological polar surface area (TPSA) is 29.5 Å². The predicted octanol–water partition coefficient (Wildman–Crippen LogP) is 3.56. The fraction of sp³-hybridized carbons (Fsp3) is 0.533. The van der Waals surface area contributed by atoms with Gasteiger partial charge in [0.25, 0.3) is 5.91 Å². The number of carbonyl (C=O) groups excluding carboxylic acids is 1. The molecule has 106 valence electrons. The molecule has 1 aromatic rings. The second-order valence-electron chi connectivity index (χ2n) is 4.66. The zero-order valence-corrected chi connectivity index (χ0v) is 12.6. The third kappa shape index (κ3) is 4.75. The van der Waals surface area contributed by atoms with Crippen LogP contribution in [0.25, 0.3) is 0 Å². The minimum absolute atomic E-state index is 0.00222. The lowest BCUT2D eigenvalue weighted by Crippen LogP contribution is -2.38.